The topological polar surface area (TPSA) is 48.2 Å². The van der Waals surface area contributed by atoms with Gasteiger partial charge in [-0.2, -0.15) is 5.26 Å². The van der Waals surface area contributed by atoms with Crippen LogP contribution in [0.25, 0.3) is 0 Å². The largest absolute Gasteiger partial charge is 0.376 e. The zero-order valence-corrected chi connectivity index (χ0v) is 22.6. The van der Waals surface area contributed by atoms with Gasteiger partial charge >= 0.3 is 0 Å². The average molecular weight is 468 g/mol. The molecule has 2 aliphatic rings. The number of rotatable bonds is 8. The summed E-state index contributed by atoms with van der Waals surface area (Å²) in [5.41, 5.74) is 9.60. The molecule has 184 valence electrons. The SMILES string of the molecule is C#CC1C(C(=C)C#N)=CC(C(=C)N[C@@H](CC)C2=C=CC=C(C(=C)CC)C=C2)=N/C1=C/C.CC.CC. The van der Waals surface area contributed by atoms with Crippen molar-refractivity contribution in [1.82, 2.24) is 5.32 Å². The summed E-state index contributed by atoms with van der Waals surface area (Å²) >= 11 is 0. The maximum atomic E-state index is 9.35. The lowest BCUT2D eigenvalue weighted by molar-refractivity contribution is 0.645. The number of allylic oxidation sites excluding steroid dienone is 8. The number of nitriles is 1. The molecule has 1 unspecified atom stereocenters. The van der Waals surface area contributed by atoms with Gasteiger partial charge in [-0.15, -0.1) is 12.2 Å². The predicted octanol–water partition coefficient (Wildman–Crippen LogP) is 8.08. The van der Waals surface area contributed by atoms with E-state index < -0.39 is 0 Å². The second-order valence-electron chi connectivity index (χ2n) is 7.26. The van der Waals surface area contributed by atoms with Crippen LogP contribution in [0.4, 0.5) is 0 Å². The summed E-state index contributed by atoms with van der Waals surface area (Å²) in [6.45, 7) is 26.2. The van der Waals surface area contributed by atoms with Crippen LogP contribution in [0.5, 0.6) is 0 Å². The molecule has 1 heterocycles. The lowest BCUT2D eigenvalue weighted by Crippen LogP contribution is -2.32. The van der Waals surface area contributed by atoms with Crippen LogP contribution in [0.2, 0.25) is 0 Å². The van der Waals surface area contributed by atoms with Crippen molar-refractivity contribution in [2.45, 2.75) is 67.3 Å². The molecule has 1 aliphatic heterocycles. The summed E-state index contributed by atoms with van der Waals surface area (Å²) in [7, 11) is 0. The number of nitrogens with zero attached hydrogens (tertiary/aromatic N) is 2. The first-order valence-electron chi connectivity index (χ1n) is 12.4. The molecule has 0 amide bonds. The van der Waals surface area contributed by atoms with Gasteiger partial charge in [0.25, 0.3) is 0 Å². The molecule has 3 heteroatoms. The van der Waals surface area contributed by atoms with Crippen LogP contribution in [0.15, 0.2) is 106 Å². The Morgan fingerprint density at radius 2 is 1.89 bits per heavy atom. The van der Waals surface area contributed by atoms with E-state index in [2.05, 4.69) is 73.8 Å². The standard InChI is InChI=1S/C28H29N3.2C2H6/c1-8-19(5)22-13-12-14-23(16-15-22)26(10-3)30-21(7)28-17-25(20(6)18-29)24(9-2)27(11-4)31-28;2*1-2/h2,11-13,15-17,24,26,30H,5-8,10H2,1,3-4H3;2*1-2H3/b27-11+;;/t24?,26-;;/m0../s1. The molecule has 0 fully saturated rings. The van der Waals surface area contributed by atoms with Crippen molar-refractivity contribution in [2.75, 3.05) is 0 Å². The average Bonchev–Trinajstić information content (AvgIpc) is 3.18. The van der Waals surface area contributed by atoms with Gasteiger partial charge in [0.1, 0.15) is 0 Å². The van der Waals surface area contributed by atoms with E-state index in [1.54, 1.807) is 0 Å². The maximum absolute atomic E-state index is 9.35. The van der Waals surface area contributed by atoms with Gasteiger partial charge in [-0.3, -0.25) is 0 Å². The Kier molecular flexibility index (Phi) is 15.0. The zero-order valence-electron chi connectivity index (χ0n) is 22.6. The third kappa shape index (κ3) is 8.50. The first kappa shape index (κ1) is 31.2. The summed E-state index contributed by atoms with van der Waals surface area (Å²) < 4.78 is 0. The fourth-order valence-corrected chi connectivity index (χ4v) is 3.36. The highest BCUT2D eigenvalue weighted by molar-refractivity contribution is 6.10. The monoisotopic (exact) mass is 467 g/mol. The van der Waals surface area contributed by atoms with E-state index in [0.717, 1.165) is 29.6 Å². The van der Waals surface area contributed by atoms with Crippen LogP contribution in [-0.4, -0.2) is 11.8 Å². The minimum absolute atomic E-state index is 0.000716. The van der Waals surface area contributed by atoms with Crippen molar-refractivity contribution < 1.29 is 0 Å². The van der Waals surface area contributed by atoms with Gasteiger partial charge in [0.15, 0.2) is 0 Å². The molecule has 1 aliphatic carbocycles. The summed E-state index contributed by atoms with van der Waals surface area (Å²) in [5, 5.41) is 12.8. The Balaban J connectivity index is 0.00000274. The molecule has 0 aromatic carbocycles. The second kappa shape index (κ2) is 16.8. The van der Waals surface area contributed by atoms with Crippen molar-refractivity contribution >= 4 is 5.71 Å². The number of hydrogen-bond acceptors (Lipinski definition) is 3. The third-order valence-electron chi connectivity index (χ3n) is 5.33. The normalized spacial score (nSPS) is 17.7. The first-order valence-corrected chi connectivity index (χ1v) is 12.4. The highest BCUT2D eigenvalue weighted by Crippen LogP contribution is 2.31. The van der Waals surface area contributed by atoms with E-state index >= 15 is 0 Å². The third-order valence-corrected chi connectivity index (χ3v) is 5.33. The maximum Gasteiger partial charge on any atom is 0.0988 e. The highest BCUT2D eigenvalue weighted by atomic mass is 15.0. The van der Waals surface area contributed by atoms with Gasteiger partial charge in [-0.1, -0.05) is 79.4 Å². The molecular weight excluding hydrogens is 426 g/mol. The van der Waals surface area contributed by atoms with Crippen LogP contribution in [0.1, 0.15) is 61.3 Å². The van der Waals surface area contributed by atoms with Crippen molar-refractivity contribution in [3.8, 4) is 18.4 Å². The molecule has 1 N–H and O–H groups in total. The van der Waals surface area contributed by atoms with E-state index in [-0.39, 0.29) is 12.0 Å². The van der Waals surface area contributed by atoms with Gasteiger partial charge in [0.2, 0.25) is 0 Å². The summed E-state index contributed by atoms with van der Waals surface area (Å²) in [5.74, 6) is 2.33. The molecule has 35 heavy (non-hydrogen) atoms. The van der Waals surface area contributed by atoms with Crippen LogP contribution in [-0.2, 0) is 0 Å². The molecule has 2 rings (SSSR count). The minimum atomic E-state index is -0.387. The van der Waals surface area contributed by atoms with Crippen LogP contribution < -0.4 is 5.32 Å². The molecule has 2 atom stereocenters. The van der Waals surface area contributed by atoms with Gasteiger partial charge in [0, 0.05) is 11.1 Å². The fraction of sp³-hybridized carbons (Fsp3) is 0.344. The van der Waals surface area contributed by atoms with E-state index in [9.17, 15) is 5.26 Å². The molecule has 0 saturated heterocycles. The van der Waals surface area contributed by atoms with E-state index in [0.29, 0.717) is 28.3 Å². The van der Waals surface area contributed by atoms with Gasteiger partial charge in [-0.25, -0.2) is 4.99 Å². The molecule has 0 saturated carbocycles. The van der Waals surface area contributed by atoms with Crippen molar-refractivity contribution in [3.05, 3.63) is 101 Å². The quantitative estimate of drug-likeness (QED) is 0.223. The molecule has 0 bridgehead atoms. The van der Waals surface area contributed by atoms with E-state index in [4.69, 9.17) is 6.42 Å². The van der Waals surface area contributed by atoms with E-state index in [1.165, 1.54) is 0 Å². The molecular formula is C32H41N3. The van der Waals surface area contributed by atoms with Crippen LogP contribution in [0, 0.1) is 29.6 Å². The van der Waals surface area contributed by atoms with E-state index in [1.807, 2.05) is 58.9 Å². The highest BCUT2D eigenvalue weighted by Gasteiger charge is 2.25. The first-order chi connectivity index (χ1) is 16.9. The number of hydrogen-bond donors (Lipinski definition) is 1. The minimum Gasteiger partial charge on any atom is -0.376 e. The smallest absolute Gasteiger partial charge is 0.0988 e. The lowest BCUT2D eigenvalue weighted by Gasteiger charge is -2.25. The van der Waals surface area contributed by atoms with Gasteiger partial charge < -0.3 is 5.32 Å². The Morgan fingerprint density at radius 1 is 1.23 bits per heavy atom. The predicted molar refractivity (Wildman–Crippen MR) is 154 cm³/mol. The molecule has 3 nitrogen and oxygen atoms in total. The molecule has 0 spiro atoms. The Labute approximate surface area is 214 Å². The molecule has 0 radical (unpaired) electrons. The Morgan fingerprint density at radius 3 is 2.40 bits per heavy atom. The Hall–Kier alpha value is -3.78. The summed E-state index contributed by atoms with van der Waals surface area (Å²) in [6, 6.07) is 2.10. The Bertz CT molecular complexity index is 1090. The number of aliphatic imine (C=N–C) groups is 1. The number of nitrogens with one attached hydrogen (secondary N) is 1. The van der Waals surface area contributed by atoms with Gasteiger partial charge in [0.05, 0.1) is 35.1 Å². The summed E-state index contributed by atoms with van der Waals surface area (Å²) in [4.78, 5) is 4.69. The molecule has 0 aromatic rings. The second-order valence-corrected chi connectivity index (χ2v) is 7.26. The zero-order chi connectivity index (χ0) is 27.0. The fourth-order valence-electron chi connectivity index (χ4n) is 3.36. The van der Waals surface area contributed by atoms with Crippen molar-refractivity contribution in [1.29, 1.82) is 5.26 Å². The summed E-state index contributed by atoms with van der Waals surface area (Å²) in [6.07, 6.45) is 19.2. The van der Waals surface area contributed by atoms with Crippen molar-refractivity contribution in [2.24, 2.45) is 10.9 Å². The van der Waals surface area contributed by atoms with Gasteiger partial charge in [-0.05, 0) is 60.8 Å². The number of dihydropyridines is 1. The van der Waals surface area contributed by atoms with Crippen molar-refractivity contribution in [3.63, 3.8) is 0 Å². The number of terminal acetylenes is 1. The van der Waals surface area contributed by atoms with Crippen LogP contribution in [0.3, 0.4) is 0 Å². The lowest BCUT2D eigenvalue weighted by atomic mass is 9.87. The van der Waals surface area contributed by atoms with Crippen LogP contribution >= 0.6 is 0 Å². The molecule has 0 aromatic heterocycles.